The van der Waals surface area contributed by atoms with E-state index in [1.165, 1.54) is 0 Å². The number of ether oxygens (including phenoxy) is 2. The summed E-state index contributed by atoms with van der Waals surface area (Å²) in [5.41, 5.74) is 0. The molecule has 0 aromatic heterocycles. The van der Waals surface area contributed by atoms with Crippen molar-refractivity contribution in [2.45, 2.75) is 36.6 Å². The summed E-state index contributed by atoms with van der Waals surface area (Å²) in [5.74, 6) is 1.58. The molecule has 0 bridgehead atoms. The third kappa shape index (κ3) is 3.74. The molecule has 2 atom stereocenters. The zero-order valence-electron chi connectivity index (χ0n) is 14.1. The van der Waals surface area contributed by atoms with Gasteiger partial charge < -0.3 is 14.8 Å². The van der Waals surface area contributed by atoms with Crippen LogP contribution < -0.4 is 14.8 Å². The molecule has 6 nitrogen and oxygen atoms in total. The Morgan fingerprint density at radius 1 is 1.08 bits per heavy atom. The first-order valence-electron chi connectivity index (χ1n) is 8.78. The maximum absolute atomic E-state index is 13.0. The van der Waals surface area contributed by atoms with Crippen molar-refractivity contribution in [1.29, 1.82) is 0 Å². The molecular formula is C17H25ClN2O4S. The van der Waals surface area contributed by atoms with Gasteiger partial charge in [0.25, 0.3) is 0 Å². The van der Waals surface area contributed by atoms with E-state index in [0.717, 1.165) is 32.2 Å². The number of halogens is 1. The summed E-state index contributed by atoms with van der Waals surface area (Å²) >= 11 is 0. The Morgan fingerprint density at radius 2 is 1.88 bits per heavy atom. The van der Waals surface area contributed by atoms with Crippen LogP contribution in [0.4, 0.5) is 0 Å². The molecule has 1 N–H and O–H groups in total. The van der Waals surface area contributed by atoms with E-state index in [0.29, 0.717) is 54.7 Å². The molecule has 0 saturated carbocycles. The van der Waals surface area contributed by atoms with Crippen molar-refractivity contribution in [2.75, 3.05) is 32.8 Å². The number of piperidine rings is 2. The number of benzene rings is 1. The van der Waals surface area contributed by atoms with Crippen molar-refractivity contribution in [3.8, 4) is 11.5 Å². The Hall–Kier alpha value is -1.02. The molecule has 0 spiro atoms. The second-order valence-corrected chi connectivity index (χ2v) is 8.71. The summed E-state index contributed by atoms with van der Waals surface area (Å²) in [4.78, 5) is 0.300. The highest BCUT2D eigenvalue weighted by atomic mass is 35.5. The van der Waals surface area contributed by atoms with Gasteiger partial charge in [-0.2, -0.15) is 4.31 Å². The number of hydrogen-bond donors (Lipinski definition) is 1. The lowest BCUT2D eigenvalue weighted by molar-refractivity contribution is 0.171. The molecule has 0 unspecified atom stereocenters. The predicted molar refractivity (Wildman–Crippen MR) is 97.2 cm³/mol. The largest absolute Gasteiger partial charge is 0.490 e. The fourth-order valence-electron chi connectivity index (χ4n) is 3.88. The van der Waals surface area contributed by atoms with Crippen LogP contribution >= 0.6 is 12.4 Å². The molecular weight excluding hydrogens is 364 g/mol. The summed E-state index contributed by atoms with van der Waals surface area (Å²) < 4.78 is 39.0. The Kier molecular flexibility index (Phi) is 5.78. The van der Waals surface area contributed by atoms with Gasteiger partial charge in [-0.15, -0.1) is 12.4 Å². The minimum Gasteiger partial charge on any atom is -0.490 e. The SMILES string of the molecule is Cl.O=S(=O)(c1ccc2c(c1)OCCCO2)N1CC[C@@H]2NCCC[C@@H]2C1. The van der Waals surface area contributed by atoms with E-state index in [2.05, 4.69) is 5.32 Å². The van der Waals surface area contributed by atoms with Crippen molar-refractivity contribution in [3.05, 3.63) is 18.2 Å². The number of sulfonamides is 1. The van der Waals surface area contributed by atoms with E-state index in [4.69, 9.17) is 9.47 Å². The molecule has 140 valence electrons. The fraction of sp³-hybridized carbons (Fsp3) is 0.647. The molecule has 0 radical (unpaired) electrons. The minimum atomic E-state index is -3.49. The molecule has 4 rings (SSSR count). The van der Waals surface area contributed by atoms with Crippen LogP contribution in [-0.4, -0.2) is 51.6 Å². The molecule has 2 saturated heterocycles. The normalized spacial score (nSPS) is 26.9. The molecule has 3 aliphatic rings. The summed E-state index contributed by atoms with van der Waals surface area (Å²) in [6.45, 7) is 3.38. The Morgan fingerprint density at radius 3 is 2.72 bits per heavy atom. The van der Waals surface area contributed by atoms with Crippen LogP contribution in [0.15, 0.2) is 23.1 Å². The van der Waals surface area contributed by atoms with Gasteiger partial charge in [0.2, 0.25) is 10.0 Å². The van der Waals surface area contributed by atoms with Crippen LogP contribution in [0.3, 0.4) is 0 Å². The van der Waals surface area contributed by atoms with Crippen LogP contribution in [0.2, 0.25) is 0 Å². The molecule has 0 aliphatic carbocycles. The Balaban J connectivity index is 0.00000182. The number of nitrogens with zero attached hydrogens (tertiary/aromatic N) is 1. The van der Waals surface area contributed by atoms with E-state index in [9.17, 15) is 8.42 Å². The molecule has 1 aromatic carbocycles. The molecule has 2 fully saturated rings. The summed E-state index contributed by atoms with van der Waals surface area (Å²) in [5, 5.41) is 3.52. The molecule has 0 amide bonds. The first-order valence-corrected chi connectivity index (χ1v) is 10.2. The van der Waals surface area contributed by atoms with E-state index < -0.39 is 10.0 Å². The standard InChI is InChI=1S/C17H24N2O4S.ClH/c20-24(21,19-8-6-15-13(12-19)3-1-7-18-15)14-4-5-16-17(11-14)23-10-2-9-22-16;/h4-5,11,13,15,18H,1-3,6-10,12H2;1H/t13-,15+;/m1./s1. The van der Waals surface area contributed by atoms with Gasteiger partial charge in [-0.05, 0) is 43.9 Å². The van der Waals surface area contributed by atoms with Crippen molar-refractivity contribution in [1.82, 2.24) is 9.62 Å². The topological polar surface area (TPSA) is 67.9 Å². The molecule has 3 heterocycles. The molecule has 8 heteroatoms. The fourth-order valence-corrected chi connectivity index (χ4v) is 5.41. The quantitative estimate of drug-likeness (QED) is 0.839. The van der Waals surface area contributed by atoms with Crippen molar-refractivity contribution in [3.63, 3.8) is 0 Å². The second-order valence-electron chi connectivity index (χ2n) is 6.77. The molecule has 3 aliphatic heterocycles. The smallest absolute Gasteiger partial charge is 0.243 e. The number of rotatable bonds is 2. The van der Waals surface area contributed by atoms with E-state index in [1.807, 2.05) is 0 Å². The van der Waals surface area contributed by atoms with Gasteiger partial charge in [0.1, 0.15) is 0 Å². The Bertz CT molecular complexity index is 713. The average molecular weight is 389 g/mol. The molecule has 25 heavy (non-hydrogen) atoms. The van der Waals surface area contributed by atoms with Crippen LogP contribution in [-0.2, 0) is 10.0 Å². The highest BCUT2D eigenvalue weighted by molar-refractivity contribution is 7.89. The third-order valence-corrected chi connectivity index (χ3v) is 7.07. The van der Waals surface area contributed by atoms with E-state index in [1.54, 1.807) is 22.5 Å². The van der Waals surface area contributed by atoms with Gasteiger partial charge in [-0.1, -0.05) is 0 Å². The second kappa shape index (κ2) is 7.70. The van der Waals surface area contributed by atoms with Crippen molar-refractivity contribution < 1.29 is 17.9 Å². The first-order chi connectivity index (χ1) is 11.6. The highest BCUT2D eigenvalue weighted by Gasteiger charge is 2.36. The summed E-state index contributed by atoms with van der Waals surface area (Å²) in [6.07, 6.45) is 3.91. The Labute approximate surface area is 155 Å². The molecule has 1 aromatic rings. The van der Waals surface area contributed by atoms with Gasteiger partial charge in [-0.3, -0.25) is 0 Å². The number of hydrogen-bond acceptors (Lipinski definition) is 5. The van der Waals surface area contributed by atoms with Crippen LogP contribution in [0.5, 0.6) is 11.5 Å². The number of nitrogens with one attached hydrogen (secondary N) is 1. The van der Waals surface area contributed by atoms with E-state index in [-0.39, 0.29) is 12.4 Å². The zero-order valence-corrected chi connectivity index (χ0v) is 15.8. The average Bonchev–Trinajstić information content (AvgIpc) is 2.86. The monoisotopic (exact) mass is 388 g/mol. The van der Waals surface area contributed by atoms with Gasteiger partial charge in [0, 0.05) is 31.6 Å². The highest BCUT2D eigenvalue weighted by Crippen LogP contribution is 2.34. The zero-order chi connectivity index (χ0) is 16.6. The third-order valence-electron chi connectivity index (χ3n) is 5.21. The summed E-state index contributed by atoms with van der Waals surface area (Å²) in [6, 6.07) is 5.42. The van der Waals surface area contributed by atoms with Gasteiger partial charge in [-0.25, -0.2) is 8.42 Å². The lowest BCUT2D eigenvalue weighted by Crippen LogP contribution is -2.53. The predicted octanol–water partition coefficient (Wildman–Crippen LogP) is 2.03. The van der Waals surface area contributed by atoms with Crippen molar-refractivity contribution in [2.24, 2.45) is 5.92 Å². The lowest BCUT2D eigenvalue weighted by Gasteiger charge is -2.41. The first kappa shape index (κ1) is 18.8. The number of fused-ring (bicyclic) bond motifs is 2. The van der Waals surface area contributed by atoms with Crippen LogP contribution in [0, 0.1) is 5.92 Å². The van der Waals surface area contributed by atoms with E-state index >= 15 is 0 Å². The van der Waals surface area contributed by atoms with Gasteiger partial charge in [0.05, 0.1) is 18.1 Å². The van der Waals surface area contributed by atoms with Crippen LogP contribution in [0.25, 0.3) is 0 Å². The minimum absolute atomic E-state index is 0. The van der Waals surface area contributed by atoms with Gasteiger partial charge in [0.15, 0.2) is 11.5 Å². The van der Waals surface area contributed by atoms with Crippen LogP contribution in [0.1, 0.15) is 25.7 Å². The maximum atomic E-state index is 13.0. The lowest BCUT2D eigenvalue weighted by atomic mass is 9.86. The maximum Gasteiger partial charge on any atom is 0.243 e. The van der Waals surface area contributed by atoms with Gasteiger partial charge >= 0.3 is 0 Å². The summed E-state index contributed by atoms with van der Waals surface area (Å²) in [7, 11) is -3.49. The van der Waals surface area contributed by atoms with Crippen molar-refractivity contribution >= 4 is 22.4 Å².